The molecule has 1 aromatic carbocycles. The van der Waals surface area contributed by atoms with Gasteiger partial charge in [0, 0.05) is 24.8 Å². The fourth-order valence-electron chi connectivity index (χ4n) is 2.13. The van der Waals surface area contributed by atoms with E-state index in [0.717, 1.165) is 5.39 Å². The van der Waals surface area contributed by atoms with Crippen LogP contribution in [-0.2, 0) is 4.74 Å². The smallest absolute Gasteiger partial charge is 0.270 e. The first kappa shape index (κ1) is 15.2. The van der Waals surface area contributed by atoms with Gasteiger partial charge in [-0.3, -0.25) is 4.79 Å². The molecule has 0 aliphatic rings. The average Bonchev–Trinajstić information content (AvgIpc) is 2.47. The van der Waals surface area contributed by atoms with Crippen molar-refractivity contribution in [2.24, 2.45) is 0 Å². The minimum atomic E-state index is -0.331. The standard InChI is InChI=1S/C15H19N3O3/c1-21-9-10(6-7-19)17-15(20)14-8-12(16)11-4-2-3-5-13(11)18-14/h2-5,8,10,19H,6-7,9H2,1H3,(H2,16,18)(H,17,20). The lowest BCUT2D eigenvalue weighted by atomic mass is 10.1. The van der Waals surface area contributed by atoms with Gasteiger partial charge in [-0.2, -0.15) is 0 Å². The summed E-state index contributed by atoms with van der Waals surface area (Å²) in [5.74, 6) is -0.331. The number of pyridine rings is 1. The third-order valence-electron chi connectivity index (χ3n) is 3.16. The number of rotatable bonds is 6. The van der Waals surface area contributed by atoms with Crippen molar-refractivity contribution in [2.75, 3.05) is 26.1 Å². The number of hydrogen-bond acceptors (Lipinski definition) is 5. The van der Waals surface area contributed by atoms with Crippen LogP contribution >= 0.6 is 0 Å². The van der Waals surface area contributed by atoms with E-state index in [9.17, 15) is 4.79 Å². The van der Waals surface area contributed by atoms with Gasteiger partial charge in [0.2, 0.25) is 0 Å². The molecule has 0 saturated heterocycles. The summed E-state index contributed by atoms with van der Waals surface area (Å²) in [6.45, 7) is 0.303. The number of benzene rings is 1. The predicted octanol–water partition coefficient (Wildman–Crippen LogP) is 0.944. The highest BCUT2D eigenvalue weighted by Crippen LogP contribution is 2.20. The lowest BCUT2D eigenvalue weighted by molar-refractivity contribution is 0.0874. The minimum Gasteiger partial charge on any atom is -0.398 e. The second-order valence-corrected chi connectivity index (χ2v) is 4.75. The van der Waals surface area contributed by atoms with Crippen molar-refractivity contribution in [3.8, 4) is 0 Å². The highest BCUT2D eigenvalue weighted by Gasteiger charge is 2.15. The van der Waals surface area contributed by atoms with E-state index in [0.29, 0.717) is 24.2 Å². The Balaban J connectivity index is 2.22. The molecule has 0 spiro atoms. The monoisotopic (exact) mass is 289 g/mol. The number of carbonyl (C=O) groups excluding carboxylic acids is 1. The number of aliphatic hydroxyl groups is 1. The third-order valence-corrected chi connectivity index (χ3v) is 3.16. The van der Waals surface area contributed by atoms with Gasteiger partial charge in [-0.15, -0.1) is 0 Å². The number of ether oxygens (including phenoxy) is 1. The number of methoxy groups -OCH3 is 1. The molecule has 21 heavy (non-hydrogen) atoms. The quantitative estimate of drug-likeness (QED) is 0.735. The summed E-state index contributed by atoms with van der Waals surface area (Å²) in [5.41, 5.74) is 7.40. The highest BCUT2D eigenvalue weighted by molar-refractivity contribution is 5.99. The molecule has 1 amide bonds. The number of nitrogens with two attached hydrogens (primary N) is 1. The Hall–Kier alpha value is -2.18. The van der Waals surface area contributed by atoms with Crippen LogP contribution in [0.15, 0.2) is 30.3 Å². The number of aliphatic hydroxyl groups excluding tert-OH is 1. The summed E-state index contributed by atoms with van der Waals surface area (Å²) < 4.78 is 5.02. The lowest BCUT2D eigenvalue weighted by Crippen LogP contribution is -2.39. The van der Waals surface area contributed by atoms with Crippen LogP contribution in [-0.4, -0.2) is 42.4 Å². The van der Waals surface area contributed by atoms with Crippen molar-refractivity contribution >= 4 is 22.5 Å². The van der Waals surface area contributed by atoms with Crippen LogP contribution in [0.2, 0.25) is 0 Å². The summed E-state index contributed by atoms with van der Waals surface area (Å²) in [6.07, 6.45) is 0.419. The second kappa shape index (κ2) is 7.01. The van der Waals surface area contributed by atoms with Crippen molar-refractivity contribution < 1.29 is 14.6 Å². The van der Waals surface area contributed by atoms with Crippen LogP contribution in [0.3, 0.4) is 0 Å². The molecule has 1 aromatic heterocycles. The summed E-state index contributed by atoms with van der Waals surface area (Å²) >= 11 is 0. The molecule has 6 nitrogen and oxygen atoms in total. The summed E-state index contributed by atoms with van der Waals surface area (Å²) in [4.78, 5) is 16.5. The number of fused-ring (bicyclic) bond motifs is 1. The molecular formula is C15H19N3O3. The van der Waals surface area contributed by atoms with Crippen molar-refractivity contribution in [1.29, 1.82) is 0 Å². The first-order valence-corrected chi connectivity index (χ1v) is 6.71. The molecule has 0 bridgehead atoms. The van der Waals surface area contributed by atoms with E-state index in [4.69, 9.17) is 15.6 Å². The van der Waals surface area contributed by atoms with Crippen LogP contribution < -0.4 is 11.1 Å². The highest BCUT2D eigenvalue weighted by atomic mass is 16.5. The molecule has 112 valence electrons. The fourth-order valence-corrected chi connectivity index (χ4v) is 2.13. The number of carbonyl (C=O) groups is 1. The van der Waals surface area contributed by atoms with Crippen molar-refractivity contribution in [3.63, 3.8) is 0 Å². The minimum absolute atomic E-state index is 0.0262. The average molecular weight is 289 g/mol. The molecular weight excluding hydrogens is 270 g/mol. The fraction of sp³-hybridized carbons (Fsp3) is 0.333. The van der Waals surface area contributed by atoms with Gasteiger partial charge in [-0.05, 0) is 18.6 Å². The van der Waals surface area contributed by atoms with E-state index in [-0.39, 0.29) is 24.2 Å². The number of amides is 1. The van der Waals surface area contributed by atoms with Crippen molar-refractivity contribution in [3.05, 3.63) is 36.0 Å². The van der Waals surface area contributed by atoms with E-state index in [1.807, 2.05) is 24.3 Å². The molecule has 2 aromatic rings. The molecule has 2 rings (SSSR count). The van der Waals surface area contributed by atoms with Gasteiger partial charge < -0.3 is 20.9 Å². The zero-order valence-electron chi connectivity index (χ0n) is 11.9. The van der Waals surface area contributed by atoms with Crippen LogP contribution in [0, 0.1) is 0 Å². The predicted molar refractivity (Wildman–Crippen MR) is 81.0 cm³/mol. The maximum absolute atomic E-state index is 12.2. The first-order chi connectivity index (χ1) is 10.2. The molecule has 1 atom stereocenters. The summed E-state index contributed by atoms with van der Waals surface area (Å²) in [5, 5.41) is 12.6. The number of aromatic nitrogens is 1. The number of nitrogens with zero attached hydrogens (tertiary/aromatic N) is 1. The first-order valence-electron chi connectivity index (χ1n) is 6.71. The molecule has 1 heterocycles. The Morgan fingerprint density at radius 2 is 2.24 bits per heavy atom. The topological polar surface area (TPSA) is 97.5 Å². The molecule has 0 fully saturated rings. The number of hydrogen-bond donors (Lipinski definition) is 3. The molecule has 0 aliphatic carbocycles. The zero-order valence-corrected chi connectivity index (χ0v) is 11.9. The van der Waals surface area contributed by atoms with Crippen LogP contribution in [0.25, 0.3) is 10.9 Å². The lowest BCUT2D eigenvalue weighted by Gasteiger charge is -2.16. The van der Waals surface area contributed by atoms with Crippen LogP contribution in [0.5, 0.6) is 0 Å². The van der Waals surface area contributed by atoms with E-state index in [2.05, 4.69) is 10.3 Å². The van der Waals surface area contributed by atoms with Gasteiger partial charge in [0.1, 0.15) is 5.69 Å². The van der Waals surface area contributed by atoms with Gasteiger partial charge in [-0.25, -0.2) is 4.98 Å². The Labute approximate surface area is 122 Å². The van der Waals surface area contributed by atoms with Gasteiger partial charge in [0.15, 0.2) is 0 Å². The number of nitrogens with one attached hydrogen (secondary N) is 1. The third kappa shape index (κ3) is 3.68. The van der Waals surface area contributed by atoms with Crippen molar-refractivity contribution in [1.82, 2.24) is 10.3 Å². The maximum atomic E-state index is 12.2. The summed E-state index contributed by atoms with van der Waals surface area (Å²) in [6, 6.07) is 8.68. The van der Waals surface area contributed by atoms with Gasteiger partial charge >= 0.3 is 0 Å². The molecule has 1 unspecified atom stereocenters. The molecule has 6 heteroatoms. The molecule has 0 saturated carbocycles. The normalized spacial score (nSPS) is 12.3. The van der Waals surface area contributed by atoms with Gasteiger partial charge in [0.05, 0.1) is 18.2 Å². The largest absolute Gasteiger partial charge is 0.398 e. The van der Waals surface area contributed by atoms with Crippen molar-refractivity contribution in [2.45, 2.75) is 12.5 Å². The Morgan fingerprint density at radius 1 is 1.48 bits per heavy atom. The number of nitrogen functional groups attached to an aromatic ring is 1. The molecule has 0 aliphatic heterocycles. The second-order valence-electron chi connectivity index (χ2n) is 4.75. The number of para-hydroxylation sites is 1. The van der Waals surface area contributed by atoms with E-state index < -0.39 is 0 Å². The molecule has 4 N–H and O–H groups in total. The Bertz CT molecular complexity index is 625. The van der Waals surface area contributed by atoms with Crippen LogP contribution in [0.1, 0.15) is 16.9 Å². The van der Waals surface area contributed by atoms with E-state index >= 15 is 0 Å². The van der Waals surface area contributed by atoms with Gasteiger partial charge in [0.25, 0.3) is 5.91 Å². The van der Waals surface area contributed by atoms with E-state index in [1.54, 1.807) is 13.2 Å². The zero-order chi connectivity index (χ0) is 15.2. The summed E-state index contributed by atoms with van der Waals surface area (Å²) in [7, 11) is 1.54. The SMILES string of the molecule is COCC(CCO)NC(=O)c1cc(N)c2ccccc2n1. The Morgan fingerprint density at radius 3 is 2.95 bits per heavy atom. The Kier molecular flexibility index (Phi) is 5.08. The molecule has 0 radical (unpaired) electrons. The maximum Gasteiger partial charge on any atom is 0.270 e. The number of anilines is 1. The van der Waals surface area contributed by atoms with E-state index in [1.165, 1.54) is 0 Å². The van der Waals surface area contributed by atoms with Gasteiger partial charge in [-0.1, -0.05) is 18.2 Å². The van der Waals surface area contributed by atoms with Crippen LogP contribution in [0.4, 0.5) is 5.69 Å².